The van der Waals surface area contributed by atoms with Crippen LogP contribution < -0.4 is 5.32 Å². The van der Waals surface area contributed by atoms with E-state index in [1.807, 2.05) is 0 Å². The summed E-state index contributed by atoms with van der Waals surface area (Å²) in [4.78, 5) is 21.1. The molecule has 1 aliphatic carbocycles. The van der Waals surface area contributed by atoms with E-state index in [0.29, 0.717) is 6.42 Å². The highest BCUT2D eigenvalue weighted by molar-refractivity contribution is 9.09. The van der Waals surface area contributed by atoms with Crippen molar-refractivity contribution in [1.29, 1.82) is 0 Å². The van der Waals surface area contributed by atoms with Crippen molar-refractivity contribution < 1.29 is 18.7 Å². The molecule has 0 aromatic heterocycles. The summed E-state index contributed by atoms with van der Waals surface area (Å²) in [6.45, 7) is 2.75. The van der Waals surface area contributed by atoms with Crippen LogP contribution in [0.4, 0.5) is 4.39 Å². The standard InChI is InChI=1S/C10H15BrFNO3/c1-5(14)13-8-3-7(4-16-6(2)15)10(12)9(8)11/h7-10H,3-4H2,1-2H3,(H,13,14)/t7-,8-,9-,10-/m1/s1. The summed E-state index contributed by atoms with van der Waals surface area (Å²) < 4.78 is 18.5. The third-order valence-corrected chi connectivity index (χ3v) is 3.73. The number of esters is 1. The molecule has 4 atom stereocenters. The van der Waals surface area contributed by atoms with Crippen LogP contribution in [0.25, 0.3) is 0 Å². The third-order valence-electron chi connectivity index (χ3n) is 2.58. The molecule has 0 aromatic rings. The van der Waals surface area contributed by atoms with Crippen LogP contribution in [0.5, 0.6) is 0 Å². The van der Waals surface area contributed by atoms with Gasteiger partial charge in [0.1, 0.15) is 6.17 Å². The number of rotatable bonds is 3. The summed E-state index contributed by atoms with van der Waals surface area (Å²) in [6.07, 6.45) is -0.638. The van der Waals surface area contributed by atoms with Crippen LogP contribution in [0.15, 0.2) is 0 Å². The molecule has 0 aliphatic heterocycles. The minimum Gasteiger partial charge on any atom is -0.465 e. The number of ether oxygens (including phenoxy) is 1. The zero-order valence-electron chi connectivity index (χ0n) is 9.20. The first kappa shape index (κ1) is 13.4. The van der Waals surface area contributed by atoms with E-state index in [1.54, 1.807) is 0 Å². The second-order valence-electron chi connectivity index (χ2n) is 3.99. The molecular formula is C10H15BrFNO3. The summed E-state index contributed by atoms with van der Waals surface area (Å²) in [5.74, 6) is -0.957. The molecule has 0 saturated heterocycles. The third kappa shape index (κ3) is 3.43. The van der Waals surface area contributed by atoms with Gasteiger partial charge in [0.25, 0.3) is 0 Å². The summed E-state index contributed by atoms with van der Waals surface area (Å²) in [7, 11) is 0. The van der Waals surface area contributed by atoms with Crippen LogP contribution in [0.3, 0.4) is 0 Å². The second kappa shape index (κ2) is 5.61. The first-order valence-electron chi connectivity index (χ1n) is 5.10. The minimum absolute atomic E-state index is 0.0642. The first-order chi connectivity index (χ1) is 7.41. The lowest BCUT2D eigenvalue weighted by Crippen LogP contribution is -2.38. The van der Waals surface area contributed by atoms with Gasteiger partial charge in [-0.05, 0) is 6.42 Å². The lowest BCUT2D eigenvalue weighted by molar-refractivity contribution is -0.142. The zero-order chi connectivity index (χ0) is 12.3. The fourth-order valence-electron chi connectivity index (χ4n) is 1.85. The molecule has 4 nitrogen and oxygen atoms in total. The Morgan fingerprint density at radius 3 is 2.62 bits per heavy atom. The SMILES string of the molecule is CC(=O)N[C@@H]1C[C@H](COC(C)=O)[C@@H](F)[C@@H]1Br. The van der Waals surface area contributed by atoms with Crippen LogP contribution in [-0.2, 0) is 14.3 Å². The topological polar surface area (TPSA) is 55.4 Å². The maximum absolute atomic E-state index is 13.7. The van der Waals surface area contributed by atoms with Gasteiger partial charge in [0.15, 0.2) is 0 Å². The van der Waals surface area contributed by atoms with E-state index in [0.717, 1.165) is 0 Å². The van der Waals surface area contributed by atoms with Crippen LogP contribution in [-0.4, -0.2) is 35.5 Å². The monoisotopic (exact) mass is 295 g/mol. The molecule has 0 heterocycles. The molecule has 0 radical (unpaired) electrons. The highest BCUT2D eigenvalue weighted by atomic mass is 79.9. The molecule has 16 heavy (non-hydrogen) atoms. The highest BCUT2D eigenvalue weighted by Crippen LogP contribution is 2.34. The van der Waals surface area contributed by atoms with Gasteiger partial charge in [0, 0.05) is 25.8 Å². The molecule has 1 saturated carbocycles. The number of hydrogen-bond acceptors (Lipinski definition) is 3. The maximum Gasteiger partial charge on any atom is 0.302 e. The van der Waals surface area contributed by atoms with Crippen molar-refractivity contribution in [2.45, 2.75) is 37.3 Å². The van der Waals surface area contributed by atoms with Crippen LogP contribution >= 0.6 is 15.9 Å². The predicted octanol–water partition coefficient (Wildman–Crippen LogP) is 1.18. The number of amides is 1. The van der Waals surface area contributed by atoms with Gasteiger partial charge in [-0.2, -0.15) is 0 Å². The van der Waals surface area contributed by atoms with E-state index in [1.165, 1.54) is 13.8 Å². The first-order valence-corrected chi connectivity index (χ1v) is 6.02. The molecule has 0 unspecified atom stereocenters. The van der Waals surface area contributed by atoms with Crippen molar-refractivity contribution in [3.63, 3.8) is 0 Å². The molecule has 0 aromatic carbocycles. The Labute approximate surface area is 102 Å². The second-order valence-corrected chi connectivity index (χ2v) is 5.05. The van der Waals surface area contributed by atoms with Gasteiger partial charge in [-0.1, -0.05) is 15.9 Å². The van der Waals surface area contributed by atoms with Crippen LogP contribution in [0, 0.1) is 5.92 Å². The van der Waals surface area contributed by atoms with Crippen molar-refractivity contribution in [2.75, 3.05) is 6.61 Å². The molecule has 1 fully saturated rings. The lowest BCUT2D eigenvalue weighted by Gasteiger charge is -2.15. The Morgan fingerprint density at radius 1 is 1.50 bits per heavy atom. The van der Waals surface area contributed by atoms with Crippen LogP contribution in [0.2, 0.25) is 0 Å². The lowest BCUT2D eigenvalue weighted by atomic mass is 10.1. The zero-order valence-corrected chi connectivity index (χ0v) is 10.8. The molecule has 0 spiro atoms. The molecule has 6 heteroatoms. The summed E-state index contributed by atoms with van der Waals surface area (Å²) in [6, 6.07) is -0.243. The number of hydrogen-bond donors (Lipinski definition) is 1. The summed E-state index contributed by atoms with van der Waals surface area (Å²) in [5.41, 5.74) is 0. The maximum atomic E-state index is 13.7. The summed E-state index contributed by atoms with van der Waals surface area (Å²) in [5, 5.41) is 2.67. The van der Waals surface area contributed by atoms with Gasteiger partial charge in [-0.3, -0.25) is 9.59 Å². The van der Waals surface area contributed by atoms with Gasteiger partial charge in [-0.25, -0.2) is 4.39 Å². The molecule has 0 bridgehead atoms. The normalized spacial score (nSPS) is 33.5. The van der Waals surface area contributed by atoms with E-state index in [4.69, 9.17) is 4.74 Å². The molecule has 1 amide bonds. The minimum atomic E-state index is -1.11. The van der Waals surface area contributed by atoms with Gasteiger partial charge in [-0.15, -0.1) is 0 Å². The van der Waals surface area contributed by atoms with Gasteiger partial charge < -0.3 is 10.1 Å². The smallest absolute Gasteiger partial charge is 0.302 e. The van der Waals surface area contributed by atoms with E-state index in [2.05, 4.69) is 21.2 Å². The fraction of sp³-hybridized carbons (Fsp3) is 0.800. The van der Waals surface area contributed by atoms with Gasteiger partial charge in [0.05, 0.1) is 11.4 Å². The van der Waals surface area contributed by atoms with E-state index < -0.39 is 17.0 Å². The summed E-state index contributed by atoms with van der Waals surface area (Å²) >= 11 is 3.22. The largest absolute Gasteiger partial charge is 0.465 e. The Morgan fingerprint density at radius 2 is 2.12 bits per heavy atom. The molecule has 1 rings (SSSR count). The number of alkyl halides is 2. The average molecular weight is 296 g/mol. The molecule has 1 aliphatic rings. The van der Waals surface area contributed by atoms with Gasteiger partial charge in [0.2, 0.25) is 5.91 Å². The number of carbonyl (C=O) groups is 2. The quantitative estimate of drug-likeness (QED) is 0.628. The van der Waals surface area contributed by atoms with Gasteiger partial charge >= 0.3 is 5.97 Å². The average Bonchev–Trinajstić information content (AvgIpc) is 2.42. The predicted molar refractivity (Wildman–Crippen MR) is 60.0 cm³/mol. The van der Waals surface area contributed by atoms with Crippen molar-refractivity contribution >= 4 is 27.8 Å². The Kier molecular flexibility index (Phi) is 4.70. The van der Waals surface area contributed by atoms with Crippen molar-refractivity contribution in [3.8, 4) is 0 Å². The van der Waals surface area contributed by atoms with Crippen molar-refractivity contribution in [2.24, 2.45) is 5.92 Å². The number of halogens is 2. The van der Waals surface area contributed by atoms with E-state index >= 15 is 0 Å². The molecule has 92 valence electrons. The van der Waals surface area contributed by atoms with E-state index in [-0.39, 0.29) is 24.5 Å². The molecular weight excluding hydrogens is 281 g/mol. The number of nitrogens with one attached hydrogen (secondary N) is 1. The Hall–Kier alpha value is -0.650. The van der Waals surface area contributed by atoms with Crippen LogP contribution in [0.1, 0.15) is 20.3 Å². The fourth-order valence-corrected chi connectivity index (χ4v) is 2.63. The number of carbonyl (C=O) groups excluding carboxylic acids is 2. The highest BCUT2D eigenvalue weighted by Gasteiger charge is 2.43. The van der Waals surface area contributed by atoms with Crippen molar-refractivity contribution in [3.05, 3.63) is 0 Å². The Balaban J connectivity index is 2.50. The van der Waals surface area contributed by atoms with E-state index in [9.17, 15) is 14.0 Å². The van der Waals surface area contributed by atoms with Crippen molar-refractivity contribution in [1.82, 2.24) is 5.32 Å². The Bertz CT molecular complexity index is 287. The molecule has 1 N–H and O–H groups in total.